The van der Waals surface area contributed by atoms with E-state index < -0.39 is 5.69 Å². The Bertz CT molecular complexity index is 977. The Morgan fingerprint density at radius 3 is 2.44 bits per heavy atom. The first-order valence-corrected chi connectivity index (χ1v) is 7.93. The van der Waals surface area contributed by atoms with E-state index in [1.807, 2.05) is 30.3 Å². The van der Waals surface area contributed by atoms with Crippen molar-refractivity contribution in [1.29, 1.82) is 0 Å². The van der Waals surface area contributed by atoms with Crippen molar-refractivity contribution >= 4 is 11.7 Å². The third-order valence-corrected chi connectivity index (χ3v) is 4.24. The van der Waals surface area contributed by atoms with Gasteiger partial charge in [-0.05, 0) is 36.2 Å². The predicted molar refractivity (Wildman–Crippen MR) is 90.0 cm³/mol. The van der Waals surface area contributed by atoms with Crippen molar-refractivity contribution in [2.24, 2.45) is 0 Å². The summed E-state index contributed by atoms with van der Waals surface area (Å²) in [6.45, 7) is 0.552. The van der Waals surface area contributed by atoms with E-state index in [1.54, 1.807) is 0 Å². The summed E-state index contributed by atoms with van der Waals surface area (Å²) >= 11 is 0. The molecule has 25 heavy (non-hydrogen) atoms. The molecule has 0 saturated carbocycles. The zero-order chi connectivity index (χ0) is 17.4. The smallest absolute Gasteiger partial charge is 0.285 e. The molecule has 0 aliphatic carbocycles. The van der Waals surface area contributed by atoms with Gasteiger partial charge in [0.1, 0.15) is 5.82 Å². The minimum atomic E-state index is -0.432. The number of halogens is 1. The molecule has 2 heterocycles. The molecule has 0 fully saturated rings. The van der Waals surface area contributed by atoms with E-state index in [-0.39, 0.29) is 18.4 Å². The molecule has 126 valence electrons. The van der Waals surface area contributed by atoms with Crippen LogP contribution in [0.15, 0.2) is 59.4 Å². The summed E-state index contributed by atoms with van der Waals surface area (Å²) in [7, 11) is 0. The van der Waals surface area contributed by atoms with E-state index in [1.165, 1.54) is 38.5 Å². The van der Waals surface area contributed by atoms with Gasteiger partial charge < -0.3 is 0 Å². The van der Waals surface area contributed by atoms with Crippen molar-refractivity contribution in [1.82, 2.24) is 14.3 Å². The highest BCUT2D eigenvalue weighted by Gasteiger charge is 2.33. The maximum absolute atomic E-state index is 13.1. The Morgan fingerprint density at radius 2 is 1.72 bits per heavy atom. The number of carbonyl (C=O) groups is 1. The molecule has 0 unspecified atom stereocenters. The lowest BCUT2D eigenvalue weighted by molar-refractivity contribution is 0.244. The molecule has 1 amide bonds. The van der Waals surface area contributed by atoms with E-state index in [0.717, 1.165) is 5.56 Å². The second-order valence-electron chi connectivity index (χ2n) is 5.83. The summed E-state index contributed by atoms with van der Waals surface area (Å²) in [5.74, 6) is 0.0280. The first-order chi connectivity index (χ1) is 12.1. The van der Waals surface area contributed by atoms with E-state index in [4.69, 9.17) is 0 Å². The van der Waals surface area contributed by atoms with E-state index in [2.05, 4.69) is 4.98 Å². The number of anilines is 1. The number of hydrogen-bond acceptors (Lipinski definition) is 3. The normalized spacial score (nSPS) is 13.3. The van der Waals surface area contributed by atoms with Gasteiger partial charge in [-0.15, -0.1) is 0 Å². The molecule has 0 saturated heterocycles. The van der Waals surface area contributed by atoms with E-state index in [9.17, 15) is 14.0 Å². The number of hydrogen-bond donors (Lipinski definition) is 0. The van der Waals surface area contributed by atoms with Crippen LogP contribution in [0.4, 0.5) is 14.9 Å². The van der Waals surface area contributed by atoms with Gasteiger partial charge in [-0.25, -0.2) is 18.7 Å². The van der Waals surface area contributed by atoms with Crippen molar-refractivity contribution < 1.29 is 9.18 Å². The van der Waals surface area contributed by atoms with Gasteiger partial charge >= 0.3 is 11.7 Å². The summed E-state index contributed by atoms with van der Waals surface area (Å²) in [5.41, 5.74) is 1.21. The monoisotopic (exact) mass is 338 g/mol. The number of fused-ring (bicyclic) bond motifs is 1. The van der Waals surface area contributed by atoms with Crippen LogP contribution < -0.4 is 10.6 Å². The fraction of sp³-hybridized carbons (Fsp3) is 0.167. The lowest BCUT2D eigenvalue weighted by Crippen LogP contribution is -2.34. The predicted octanol–water partition coefficient (Wildman–Crippen LogP) is 2.41. The molecular weight excluding hydrogens is 323 g/mol. The number of amides is 1. The molecule has 0 N–H and O–H groups in total. The number of aryl methyl sites for hydroxylation is 1. The molecule has 6 nitrogen and oxygen atoms in total. The average Bonchev–Trinajstić information content (AvgIpc) is 3.10. The van der Waals surface area contributed by atoms with Gasteiger partial charge in [-0.3, -0.25) is 4.90 Å². The molecule has 4 rings (SSSR count). The Balaban J connectivity index is 1.61. The van der Waals surface area contributed by atoms with Gasteiger partial charge in [0, 0.05) is 12.2 Å². The van der Waals surface area contributed by atoms with Crippen molar-refractivity contribution in [3.05, 3.63) is 82.3 Å². The molecule has 0 spiro atoms. The maximum Gasteiger partial charge on any atom is 0.364 e. The van der Waals surface area contributed by atoms with Gasteiger partial charge in [-0.2, -0.15) is 9.67 Å². The zero-order valence-corrected chi connectivity index (χ0v) is 13.3. The highest BCUT2D eigenvalue weighted by atomic mass is 19.1. The van der Waals surface area contributed by atoms with Crippen LogP contribution in [0.25, 0.3) is 0 Å². The molecule has 1 aromatic heterocycles. The molecule has 3 aromatic rings. The van der Waals surface area contributed by atoms with Crippen LogP contribution in [0.5, 0.6) is 0 Å². The average molecular weight is 338 g/mol. The Morgan fingerprint density at radius 1 is 1.00 bits per heavy atom. The Labute approximate surface area is 142 Å². The van der Waals surface area contributed by atoms with Crippen LogP contribution in [0.1, 0.15) is 11.4 Å². The molecular formula is C18H15FN4O2. The van der Waals surface area contributed by atoms with Crippen LogP contribution in [0, 0.1) is 5.82 Å². The summed E-state index contributed by atoms with van der Waals surface area (Å²) in [5, 5.41) is 0. The zero-order valence-electron chi connectivity index (χ0n) is 13.3. The molecule has 1 aliphatic rings. The largest absolute Gasteiger partial charge is 0.364 e. The third kappa shape index (κ3) is 2.73. The number of aromatic nitrogens is 3. The number of nitrogens with zero attached hydrogens (tertiary/aromatic N) is 4. The second kappa shape index (κ2) is 6.01. The Kier molecular flexibility index (Phi) is 3.68. The fourth-order valence-electron chi connectivity index (χ4n) is 2.98. The molecule has 2 aromatic carbocycles. The maximum atomic E-state index is 13.1. The topological polar surface area (TPSA) is 60.1 Å². The van der Waals surface area contributed by atoms with Gasteiger partial charge in [0.2, 0.25) is 0 Å². The first-order valence-electron chi connectivity index (χ1n) is 7.93. The summed E-state index contributed by atoms with van der Waals surface area (Å²) in [6, 6.07) is 15.0. The van der Waals surface area contributed by atoms with Gasteiger partial charge in [0.05, 0.1) is 6.54 Å². The standard InChI is InChI=1S/C18H15FN4O2/c19-14-6-8-15(9-7-14)21-12-16-20-17(24)22(23(16)18(21)25)11-10-13-4-2-1-3-5-13/h1-9H,10-12H2. The van der Waals surface area contributed by atoms with Gasteiger partial charge in [0.15, 0.2) is 5.82 Å². The van der Waals surface area contributed by atoms with Crippen LogP contribution >= 0.6 is 0 Å². The van der Waals surface area contributed by atoms with Crippen molar-refractivity contribution in [3.63, 3.8) is 0 Å². The summed E-state index contributed by atoms with van der Waals surface area (Å²) in [4.78, 5) is 30.3. The highest BCUT2D eigenvalue weighted by Crippen LogP contribution is 2.23. The van der Waals surface area contributed by atoms with Crippen molar-refractivity contribution in [2.75, 3.05) is 4.90 Å². The quantitative estimate of drug-likeness (QED) is 0.734. The van der Waals surface area contributed by atoms with Crippen LogP contribution in [0.3, 0.4) is 0 Å². The minimum absolute atomic E-state index is 0.193. The fourth-order valence-corrected chi connectivity index (χ4v) is 2.98. The molecule has 0 atom stereocenters. The SMILES string of the molecule is O=C1N(c2ccc(F)cc2)Cc2nc(=O)n(CCc3ccccc3)n21. The molecule has 0 radical (unpaired) electrons. The van der Waals surface area contributed by atoms with Gasteiger partial charge in [-0.1, -0.05) is 30.3 Å². The van der Waals surface area contributed by atoms with Crippen LogP contribution in [-0.2, 0) is 19.5 Å². The number of carbonyl (C=O) groups excluding carboxylic acids is 1. The first kappa shape index (κ1) is 15.3. The third-order valence-electron chi connectivity index (χ3n) is 4.24. The second-order valence-corrected chi connectivity index (χ2v) is 5.83. The van der Waals surface area contributed by atoms with Crippen LogP contribution in [-0.4, -0.2) is 20.4 Å². The lowest BCUT2D eigenvalue weighted by atomic mass is 10.1. The van der Waals surface area contributed by atoms with Crippen molar-refractivity contribution in [3.8, 4) is 0 Å². The summed E-state index contributed by atoms with van der Waals surface area (Å²) < 4.78 is 15.8. The van der Waals surface area contributed by atoms with Crippen LogP contribution in [0.2, 0.25) is 0 Å². The summed E-state index contributed by atoms with van der Waals surface area (Å²) in [6.07, 6.45) is 0.621. The highest BCUT2D eigenvalue weighted by molar-refractivity contribution is 5.95. The van der Waals surface area contributed by atoms with E-state index in [0.29, 0.717) is 24.5 Å². The minimum Gasteiger partial charge on any atom is -0.285 e. The molecule has 7 heteroatoms. The Hall–Kier alpha value is -3.22. The number of rotatable bonds is 4. The molecule has 1 aliphatic heterocycles. The van der Waals surface area contributed by atoms with Gasteiger partial charge in [0.25, 0.3) is 0 Å². The van der Waals surface area contributed by atoms with E-state index >= 15 is 0 Å². The molecule has 0 bridgehead atoms. The lowest BCUT2D eigenvalue weighted by Gasteiger charge is -2.15. The number of benzene rings is 2. The van der Waals surface area contributed by atoms with Crippen molar-refractivity contribution in [2.45, 2.75) is 19.5 Å².